The summed E-state index contributed by atoms with van der Waals surface area (Å²) in [6.07, 6.45) is 0. The van der Waals surface area contributed by atoms with Gasteiger partial charge in [-0.1, -0.05) is 0 Å². The Morgan fingerprint density at radius 1 is 1.10 bits per heavy atom. The molecule has 0 unspecified atom stereocenters. The summed E-state index contributed by atoms with van der Waals surface area (Å²) in [7, 11) is 1.36. The Morgan fingerprint density at radius 3 is 2.30 bits per heavy atom. The number of methoxy groups -OCH3 is 1. The van der Waals surface area contributed by atoms with Crippen LogP contribution in [0.4, 0.5) is 15.8 Å². The number of benzene rings is 2. The summed E-state index contributed by atoms with van der Waals surface area (Å²) < 4.78 is 19.4. The predicted molar refractivity (Wildman–Crippen MR) is 114 cm³/mol. The van der Waals surface area contributed by atoms with E-state index in [9.17, 15) is 14.0 Å². The molecule has 0 bridgehead atoms. The quantitative estimate of drug-likeness (QED) is 0.645. The molecule has 0 spiro atoms. The number of nitrogens with one attached hydrogen (secondary N) is 1. The SMILES string of the molecule is CCN(CC)c1ccc(NC(=O)c2nn(-c3ccc(F)cc3)c(=O)cc2OC)cc1. The number of ether oxygens (including phenoxy) is 1. The van der Waals surface area contributed by atoms with E-state index < -0.39 is 17.3 Å². The number of nitrogens with zero attached hydrogens (tertiary/aromatic N) is 3. The Labute approximate surface area is 173 Å². The monoisotopic (exact) mass is 410 g/mol. The van der Waals surface area contributed by atoms with E-state index in [0.717, 1.165) is 23.5 Å². The first-order valence-corrected chi connectivity index (χ1v) is 9.57. The standard InChI is InChI=1S/C22H23FN4O3/c1-4-26(5-2)17-12-8-16(9-13-17)24-22(29)21-19(30-3)14-20(28)27(25-21)18-10-6-15(23)7-11-18/h6-14H,4-5H2,1-3H3,(H,24,29). The molecule has 0 aliphatic carbocycles. The molecule has 1 aromatic heterocycles. The van der Waals surface area contributed by atoms with Gasteiger partial charge < -0.3 is 15.0 Å². The van der Waals surface area contributed by atoms with Crippen LogP contribution in [0.3, 0.4) is 0 Å². The molecule has 1 N–H and O–H groups in total. The van der Waals surface area contributed by atoms with E-state index >= 15 is 0 Å². The van der Waals surface area contributed by atoms with Crippen molar-refractivity contribution < 1.29 is 13.9 Å². The number of anilines is 2. The molecule has 0 aliphatic heterocycles. The molecule has 0 atom stereocenters. The van der Waals surface area contributed by atoms with Gasteiger partial charge in [-0.2, -0.15) is 9.78 Å². The second-order valence-electron chi connectivity index (χ2n) is 6.46. The summed E-state index contributed by atoms with van der Waals surface area (Å²) in [4.78, 5) is 27.4. The van der Waals surface area contributed by atoms with Crippen LogP contribution >= 0.6 is 0 Å². The zero-order chi connectivity index (χ0) is 21.7. The molecule has 1 heterocycles. The van der Waals surface area contributed by atoms with Crippen molar-refractivity contribution in [1.29, 1.82) is 0 Å². The highest BCUT2D eigenvalue weighted by Gasteiger charge is 2.18. The highest BCUT2D eigenvalue weighted by atomic mass is 19.1. The van der Waals surface area contributed by atoms with Crippen molar-refractivity contribution in [1.82, 2.24) is 9.78 Å². The van der Waals surface area contributed by atoms with Gasteiger partial charge in [-0.05, 0) is 62.4 Å². The lowest BCUT2D eigenvalue weighted by atomic mass is 10.2. The topological polar surface area (TPSA) is 76.5 Å². The van der Waals surface area contributed by atoms with Crippen molar-refractivity contribution in [2.45, 2.75) is 13.8 Å². The zero-order valence-corrected chi connectivity index (χ0v) is 17.1. The first kappa shape index (κ1) is 21.0. The third-order valence-electron chi connectivity index (χ3n) is 4.66. The van der Waals surface area contributed by atoms with Crippen molar-refractivity contribution in [2.24, 2.45) is 0 Å². The Morgan fingerprint density at radius 2 is 1.73 bits per heavy atom. The van der Waals surface area contributed by atoms with Gasteiger partial charge in [-0.25, -0.2) is 4.39 Å². The van der Waals surface area contributed by atoms with E-state index in [-0.39, 0.29) is 11.4 Å². The highest BCUT2D eigenvalue weighted by Crippen LogP contribution is 2.20. The second kappa shape index (κ2) is 9.21. The lowest BCUT2D eigenvalue weighted by molar-refractivity contribution is 0.101. The summed E-state index contributed by atoms with van der Waals surface area (Å²) in [6, 6.07) is 13.9. The molecule has 7 nitrogen and oxygen atoms in total. The Kier molecular flexibility index (Phi) is 6.46. The third kappa shape index (κ3) is 4.48. The van der Waals surface area contributed by atoms with Crippen molar-refractivity contribution in [2.75, 3.05) is 30.4 Å². The average Bonchev–Trinajstić information content (AvgIpc) is 2.76. The fraction of sp³-hybridized carbons (Fsp3) is 0.227. The van der Waals surface area contributed by atoms with E-state index in [4.69, 9.17) is 4.74 Å². The van der Waals surface area contributed by atoms with E-state index in [1.54, 1.807) is 12.1 Å². The Bertz CT molecular complexity index is 1080. The van der Waals surface area contributed by atoms with Crippen molar-refractivity contribution in [3.8, 4) is 11.4 Å². The average molecular weight is 410 g/mol. The maximum Gasteiger partial charge on any atom is 0.279 e. The molecule has 8 heteroatoms. The molecular formula is C22H23FN4O3. The predicted octanol–water partition coefficient (Wildman–Crippen LogP) is 3.48. The first-order valence-electron chi connectivity index (χ1n) is 9.57. The molecule has 30 heavy (non-hydrogen) atoms. The number of carbonyl (C=O) groups excluding carboxylic acids is 1. The second-order valence-corrected chi connectivity index (χ2v) is 6.46. The van der Waals surface area contributed by atoms with Gasteiger partial charge in [0.15, 0.2) is 11.4 Å². The lowest BCUT2D eigenvalue weighted by Crippen LogP contribution is -2.26. The smallest absolute Gasteiger partial charge is 0.279 e. The van der Waals surface area contributed by atoms with E-state index in [0.29, 0.717) is 11.4 Å². The van der Waals surface area contributed by atoms with E-state index in [1.165, 1.54) is 37.4 Å². The normalized spacial score (nSPS) is 10.5. The maximum atomic E-state index is 13.2. The molecule has 0 radical (unpaired) electrons. The summed E-state index contributed by atoms with van der Waals surface area (Å²) in [5.41, 5.74) is 1.41. The van der Waals surface area contributed by atoms with Crippen LogP contribution in [-0.4, -0.2) is 35.9 Å². The molecule has 2 aromatic carbocycles. The maximum absolute atomic E-state index is 13.2. The van der Waals surface area contributed by atoms with Crippen LogP contribution in [0.5, 0.6) is 5.75 Å². The Hall–Kier alpha value is -3.68. The Balaban J connectivity index is 1.90. The van der Waals surface area contributed by atoms with Gasteiger partial charge in [0.2, 0.25) is 0 Å². The number of rotatable bonds is 7. The summed E-state index contributed by atoms with van der Waals surface area (Å²) in [5, 5.41) is 6.91. The van der Waals surface area contributed by atoms with E-state index in [1.807, 2.05) is 12.1 Å². The van der Waals surface area contributed by atoms with Gasteiger partial charge in [-0.15, -0.1) is 0 Å². The number of halogens is 1. The minimum absolute atomic E-state index is 0.0515. The first-order chi connectivity index (χ1) is 14.5. The number of aromatic nitrogens is 2. The van der Waals surface area contributed by atoms with Gasteiger partial charge >= 0.3 is 0 Å². The van der Waals surface area contributed by atoms with Crippen molar-refractivity contribution in [3.63, 3.8) is 0 Å². The van der Waals surface area contributed by atoms with Gasteiger partial charge in [0.1, 0.15) is 5.82 Å². The van der Waals surface area contributed by atoms with Gasteiger partial charge in [0.25, 0.3) is 11.5 Å². The van der Waals surface area contributed by atoms with Crippen LogP contribution in [0.1, 0.15) is 24.3 Å². The molecule has 156 valence electrons. The largest absolute Gasteiger partial charge is 0.494 e. The summed E-state index contributed by atoms with van der Waals surface area (Å²) >= 11 is 0. The van der Waals surface area contributed by atoms with Crippen molar-refractivity contribution in [3.05, 3.63) is 76.5 Å². The zero-order valence-electron chi connectivity index (χ0n) is 17.1. The van der Waals surface area contributed by atoms with Crippen LogP contribution in [0.15, 0.2) is 59.4 Å². The van der Waals surface area contributed by atoms with Crippen LogP contribution in [0.2, 0.25) is 0 Å². The summed E-state index contributed by atoms with van der Waals surface area (Å²) in [6.45, 7) is 5.92. The van der Waals surface area contributed by atoms with Gasteiger partial charge in [0, 0.05) is 24.5 Å². The highest BCUT2D eigenvalue weighted by molar-refractivity contribution is 6.04. The number of carbonyl (C=O) groups is 1. The number of hydrogen-bond donors (Lipinski definition) is 1. The summed E-state index contributed by atoms with van der Waals surface area (Å²) in [5.74, 6) is -0.916. The van der Waals surface area contributed by atoms with E-state index in [2.05, 4.69) is 29.2 Å². The molecule has 0 aliphatic rings. The minimum atomic E-state index is -0.529. The van der Waals surface area contributed by atoms with Crippen LogP contribution in [0.25, 0.3) is 5.69 Å². The molecule has 0 saturated carbocycles. The molecule has 0 fully saturated rings. The van der Waals surface area contributed by atoms with Gasteiger partial charge in [-0.3, -0.25) is 9.59 Å². The minimum Gasteiger partial charge on any atom is -0.494 e. The van der Waals surface area contributed by atoms with Crippen LogP contribution in [-0.2, 0) is 0 Å². The number of amides is 1. The van der Waals surface area contributed by atoms with Crippen molar-refractivity contribution >= 4 is 17.3 Å². The molecule has 0 saturated heterocycles. The van der Waals surface area contributed by atoms with Crippen LogP contribution < -0.4 is 20.5 Å². The fourth-order valence-electron chi connectivity index (χ4n) is 3.06. The lowest BCUT2D eigenvalue weighted by Gasteiger charge is -2.21. The fourth-order valence-corrected chi connectivity index (χ4v) is 3.06. The number of hydrogen-bond acceptors (Lipinski definition) is 5. The molecule has 3 rings (SSSR count). The molecule has 1 amide bonds. The van der Waals surface area contributed by atoms with Gasteiger partial charge in [0.05, 0.1) is 18.9 Å². The molecule has 3 aromatic rings. The van der Waals surface area contributed by atoms with Crippen LogP contribution in [0, 0.1) is 5.82 Å². The molecular weight excluding hydrogens is 387 g/mol. The third-order valence-corrected chi connectivity index (χ3v) is 4.66.